The standard InChI is InChI=1S/C15H17ClN2/c1-9-7-10-14-12(17-15(10)11(16)8-9)4-6-18-5-2-3-13(14)18/h7-8,13,17H,2-6H2,1H3. The summed E-state index contributed by atoms with van der Waals surface area (Å²) in [6.45, 7) is 4.58. The molecular formula is C15H17ClN2. The van der Waals surface area contributed by atoms with Gasteiger partial charge in [-0.3, -0.25) is 4.90 Å². The highest BCUT2D eigenvalue weighted by molar-refractivity contribution is 6.35. The van der Waals surface area contributed by atoms with Gasteiger partial charge in [0.2, 0.25) is 0 Å². The molecule has 0 radical (unpaired) electrons. The Kier molecular flexibility index (Phi) is 2.27. The fourth-order valence-corrected chi connectivity index (χ4v) is 4.04. The molecule has 0 saturated carbocycles. The summed E-state index contributed by atoms with van der Waals surface area (Å²) >= 11 is 6.38. The lowest BCUT2D eigenvalue weighted by Gasteiger charge is -2.29. The van der Waals surface area contributed by atoms with Crippen molar-refractivity contribution in [3.05, 3.63) is 34.0 Å². The zero-order valence-corrected chi connectivity index (χ0v) is 11.3. The number of benzene rings is 1. The SMILES string of the molecule is Cc1cc(Cl)c2[nH]c3c(c2c1)C1CCCN1CC3. The van der Waals surface area contributed by atoms with Gasteiger partial charge in [0.05, 0.1) is 10.5 Å². The highest BCUT2D eigenvalue weighted by Gasteiger charge is 2.33. The molecule has 94 valence electrons. The predicted molar refractivity (Wildman–Crippen MR) is 75.3 cm³/mol. The van der Waals surface area contributed by atoms with Gasteiger partial charge < -0.3 is 4.98 Å². The molecule has 0 amide bonds. The van der Waals surface area contributed by atoms with Crippen LogP contribution in [0.2, 0.25) is 5.02 Å². The van der Waals surface area contributed by atoms with E-state index in [2.05, 4.69) is 28.9 Å². The van der Waals surface area contributed by atoms with Crippen molar-refractivity contribution in [2.24, 2.45) is 0 Å². The topological polar surface area (TPSA) is 19.0 Å². The summed E-state index contributed by atoms with van der Waals surface area (Å²) in [6, 6.07) is 4.97. The molecule has 1 aromatic carbocycles. The van der Waals surface area contributed by atoms with Crippen LogP contribution in [-0.4, -0.2) is 23.0 Å². The van der Waals surface area contributed by atoms with Gasteiger partial charge in [0.1, 0.15) is 0 Å². The van der Waals surface area contributed by atoms with Crippen molar-refractivity contribution in [3.63, 3.8) is 0 Å². The van der Waals surface area contributed by atoms with Crippen molar-refractivity contribution < 1.29 is 0 Å². The van der Waals surface area contributed by atoms with Crippen molar-refractivity contribution >= 4 is 22.5 Å². The van der Waals surface area contributed by atoms with Crippen LogP contribution in [0.3, 0.4) is 0 Å². The summed E-state index contributed by atoms with van der Waals surface area (Å²) in [7, 11) is 0. The normalized spacial score (nSPS) is 23.3. The fourth-order valence-electron chi connectivity index (χ4n) is 3.72. The first-order chi connectivity index (χ1) is 8.74. The Labute approximate surface area is 112 Å². The number of aryl methyl sites for hydroxylation is 1. The molecule has 18 heavy (non-hydrogen) atoms. The lowest BCUT2D eigenvalue weighted by molar-refractivity contribution is 0.244. The highest BCUT2D eigenvalue weighted by Crippen LogP contribution is 2.42. The molecule has 1 unspecified atom stereocenters. The van der Waals surface area contributed by atoms with E-state index >= 15 is 0 Å². The number of hydrogen-bond acceptors (Lipinski definition) is 1. The molecule has 2 aliphatic rings. The van der Waals surface area contributed by atoms with Gasteiger partial charge in [0, 0.05) is 30.1 Å². The molecule has 1 atom stereocenters. The van der Waals surface area contributed by atoms with Crippen LogP contribution < -0.4 is 0 Å². The molecule has 1 fully saturated rings. The molecule has 1 N–H and O–H groups in total. The average molecular weight is 261 g/mol. The van der Waals surface area contributed by atoms with Crippen LogP contribution in [-0.2, 0) is 6.42 Å². The zero-order chi connectivity index (χ0) is 12.3. The Morgan fingerprint density at radius 2 is 2.22 bits per heavy atom. The van der Waals surface area contributed by atoms with Crippen LogP contribution in [0, 0.1) is 6.92 Å². The summed E-state index contributed by atoms with van der Waals surface area (Å²) in [5, 5.41) is 2.22. The number of halogens is 1. The van der Waals surface area contributed by atoms with Crippen molar-refractivity contribution in [2.45, 2.75) is 32.2 Å². The Morgan fingerprint density at radius 1 is 1.33 bits per heavy atom. The maximum atomic E-state index is 6.38. The van der Waals surface area contributed by atoms with Crippen LogP contribution >= 0.6 is 11.6 Å². The fraction of sp³-hybridized carbons (Fsp3) is 0.467. The molecule has 4 rings (SSSR count). The molecule has 2 nitrogen and oxygen atoms in total. The summed E-state index contributed by atoms with van der Waals surface area (Å²) in [5.74, 6) is 0. The van der Waals surface area contributed by atoms with Gasteiger partial charge in [0.15, 0.2) is 0 Å². The van der Waals surface area contributed by atoms with Gasteiger partial charge in [-0.1, -0.05) is 11.6 Å². The molecular weight excluding hydrogens is 244 g/mol. The van der Waals surface area contributed by atoms with Crippen LogP contribution in [0.25, 0.3) is 10.9 Å². The van der Waals surface area contributed by atoms with E-state index in [1.54, 1.807) is 0 Å². The van der Waals surface area contributed by atoms with Gasteiger partial charge >= 0.3 is 0 Å². The first-order valence-corrected chi connectivity index (χ1v) is 7.16. The van der Waals surface area contributed by atoms with Gasteiger partial charge in [-0.2, -0.15) is 0 Å². The van der Waals surface area contributed by atoms with Crippen molar-refractivity contribution in [2.75, 3.05) is 13.1 Å². The highest BCUT2D eigenvalue weighted by atomic mass is 35.5. The van der Waals surface area contributed by atoms with Crippen LogP contribution in [0.5, 0.6) is 0 Å². The van der Waals surface area contributed by atoms with E-state index in [9.17, 15) is 0 Å². The summed E-state index contributed by atoms with van der Waals surface area (Å²) in [6.07, 6.45) is 3.76. The number of aromatic amines is 1. The van der Waals surface area contributed by atoms with Crippen molar-refractivity contribution in [1.82, 2.24) is 9.88 Å². The van der Waals surface area contributed by atoms with Crippen LogP contribution in [0.4, 0.5) is 0 Å². The lowest BCUT2D eigenvalue weighted by Crippen LogP contribution is -2.30. The molecule has 0 aliphatic carbocycles. The molecule has 1 saturated heterocycles. The minimum absolute atomic E-state index is 0.625. The number of fused-ring (bicyclic) bond motifs is 5. The number of H-pyrrole nitrogens is 1. The number of rotatable bonds is 0. The first-order valence-electron chi connectivity index (χ1n) is 6.78. The second kappa shape index (κ2) is 3.75. The lowest BCUT2D eigenvalue weighted by atomic mass is 9.95. The van der Waals surface area contributed by atoms with E-state index in [4.69, 9.17) is 11.6 Å². The third-order valence-electron chi connectivity index (χ3n) is 4.47. The van der Waals surface area contributed by atoms with E-state index in [1.165, 1.54) is 48.1 Å². The number of nitrogens with one attached hydrogen (secondary N) is 1. The minimum atomic E-state index is 0.625. The van der Waals surface area contributed by atoms with E-state index in [0.717, 1.165) is 17.0 Å². The molecule has 0 bridgehead atoms. The van der Waals surface area contributed by atoms with Crippen LogP contribution in [0.15, 0.2) is 12.1 Å². The van der Waals surface area contributed by atoms with Crippen LogP contribution in [0.1, 0.15) is 35.7 Å². The van der Waals surface area contributed by atoms with Gasteiger partial charge in [0.25, 0.3) is 0 Å². The summed E-state index contributed by atoms with van der Waals surface area (Å²) < 4.78 is 0. The summed E-state index contributed by atoms with van der Waals surface area (Å²) in [4.78, 5) is 6.20. The third-order valence-corrected chi connectivity index (χ3v) is 4.77. The minimum Gasteiger partial charge on any atom is -0.357 e. The second-order valence-electron chi connectivity index (χ2n) is 5.63. The maximum absolute atomic E-state index is 6.38. The average Bonchev–Trinajstić information content (AvgIpc) is 2.91. The third kappa shape index (κ3) is 1.39. The van der Waals surface area contributed by atoms with E-state index in [0.29, 0.717) is 6.04 Å². The molecule has 3 heteroatoms. The van der Waals surface area contributed by atoms with Gasteiger partial charge in [-0.15, -0.1) is 0 Å². The Hall–Kier alpha value is -0.990. The first kappa shape index (κ1) is 10.9. The smallest absolute Gasteiger partial charge is 0.0649 e. The molecule has 2 aromatic rings. The largest absolute Gasteiger partial charge is 0.357 e. The monoisotopic (exact) mass is 260 g/mol. The maximum Gasteiger partial charge on any atom is 0.0649 e. The molecule has 3 heterocycles. The Balaban J connectivity index is 2.02. The molecule has 0 spiro atoms. The Morgan fingerprint density at radius 3 is 3.11 bits per heavy atom. The predicted octanol–water partition coefficient (Wildman–Crippen LogP) is 3.82. The number of nitrogens with zero attached hydrogens (tertiary/aromatic N) is 1. The Bertz CT molecular complexity index is 629. The number of hydrogen-bond donors (Lipinski definition) is 1. The van der Waals surface area contributed by atoms with E-state index < -0.39 is 0 Å². The van der Waals surface area contributed by atoms with Crippen molar-refractivity contribution in [3.8, 4) is 0 Å². The molecule has 2 aliphatic heterocycles. The van der Waals surface area contributed by atoms with E-state index in [-0.39, 0.29) is 0 Å². The molecule has 1 aromatic heterocycles. The second-order valence-corrected chi connectivity index (χ2v) is 6.04. The van der Waals surface area contributed by atoms with E-state index in [1.807, 2.05) is 0 Å². The van der Waals surface area contributed by atoms with Gasteiger partial charge in [-0.05, 0) is 49.6 Å². The quantitative estimate of drug-likeness (QED) is 0.763. The van der Waals surface area contributed by atoms with Crippen molar-refractivity contribution in [1.29, 1.82) is 0 Å². The number of aromatic nitrogens is 1. The van der Waals surface area contributed by atoms with Gasteiger partial charge in [-0.25, -0.2) is 0 Å². The summed E-state index contributed by atoms with van der Waals surface area (Å²) in [5.41, 5.74) is 5.34. The zero-order valence-electron chi connectivity index (χ0n) is 10.6.